The number of imidazole rings is 1. The fourth-order valence-electron chi connectivity index (χ4n) is 2.54. The maximum Gasteiger partial charge on any atom is 0.407 e. The van der Waals surface area contributed by atoms with Crippen LogP contribution >= 0.6 is 11.8 Å². The van der Waals surface area contributed by atoms with Crippen molar-refractivity contribution >= 4 is 29.7 Å². The molecule has 3 aromatic heterocycles. The Kier molecular flexibility index (Phi) is 7.87. The second-order valence-corrected chi connectivity index (χ2v) is 8.78. The first kappa shape index (κ1) is 24.0. The van der Waals surface area contributed by atoms with Crippen molar-refractivity contribution in [3.63, 3.8) is 0 Å². The number of aromatic amines is 1. The lowest BCUT2D eigenvalue weighted by Crippen LogP contribution is -2.34. The first-order valence-corrected chi connectivity index (χ1v) is 11.1. The summed E-state index contributed by atoms with van der Waals surface area (Å²) >= 11 is 1.36. The number of hydrogen-bond acceptors (Lipinski definition) is 9. The smallest absolute Gasteiger partial charge is 0.407 e. The van der Waals surface area contributed by atoms with E-state index in [1.165, 1.54) is 18.7 Å². The molecule has 0 saturated carbocycles. The molecule has 0 saturated heterocycles. The van der Waals surface area contributed by atoms with Gasteiger partial charge in [-0.05, 0) is 20.8 Å². The van der Waals surface area contributed by atoms with Gasteiger partial charge in [-0.3, -0.25) is 14.7 Å². The number of nitrogens with one attached hydrogen (secondary N) is 3. The van der Waals surface area contributed by atoms with Gasteiger partial charge in [0.15, 0.2) is 0 Å². The molecule has 13 heteroatoms. The Morgan fingerprint density at radius 3 is 2.82 bits per heavy atom. The Bertz CT molecular complexity index is 1080. The average molecular weight is 475 g/mol. The number of H-pyrrole nitrogens is 1. The molecule has 3 N–H and O–H groups in total. The summed E-state index contributed by atoms with van der Waals surface area (Å²) in [6.45, 7) is 7.30. The lowest BCUT2D eigenvalue weighted by atomic mass is 10.2. The van der Waals surface area contributed by atoms with Crippen LogP contribution in [0.1, 0.15) is 33.3 Å². The van der Waals surface area contributed by atoms with Crippen LogP contribution in [0.3, 0.4) is 0 Å². The van der Waals surface area contributed by atoms with E-state index in [-0.39, 0.29) is 25.0 Å². The van der Waals surface area contributed by atoms with Crippen LogP contribution in [-0.4, -0.2) is 60.5 Å². The van der Waals surface area contributed by atoms with Gasteiger partial charge in [0.25, 0.3) is 0 Å². The predicted octanol–water partition coefficient (Wildman–Crippen LogP) is 2.54. The van der Waals surface area contributed by atoms with Crippen LogP contribution in [0.2, 0.25) is 0 Å². The lowest BCUT2D eigenvalue weighted by Gasteiger charge is -2.19. The molecule has 33 heavy (non-hydrogen) atoms. The van der Waals surface area contributed by atoms with E-state index in [0.717, 1.165) is 5.56 Å². The molecule has 0 radical (unpaired) electrons. The first-order valence-electron chi connectivity index (χ1n) is 10.1. The highest BCUT2D eigenvalue weighted by Crippen LogP contribution is 2.27. The van der Waals surface area contributed by atoms with Crippen LogP contribution in [-0.2, 0) is 15.3 Å². The van der Waals surface area contributed by atoms with Crippen LogP contribution in [0.15, 0.2) is 36.1 Å². The first-order chi connectivity index (χ1) is 15.7. The maximum atomic E-state index is 11.8. The summed E-state index contributed by atoms with van der Waals surface area (Å²) < 4.78 is 12.9. The summed E-state index contributed by atoms with van der Waals surface area (Å²) in [7, 11) is 0. The van der Waals surface area contributed by atoms with E-state index in [9.17, 15) is 9.59 Å². The monoisotopic (exact) mass is 474 g/mol. The zero-order valence-electron chi connectivity index (χ0n) is 18.8. The third-order valence-corrected chi connectivity index (χ3v) is 4.74. The fourth-order valence-corrected chi connectivity index (χ4v) is 3.31. The highest BCUT2D eigenvalue weighted by atomic mass is 32.2. The van der Waals surface area contributed by atoms with E-state index in [0.29, 0.717) is 22.5 Å². The molecular weight excluding hydrogens is 448 g/mol. The number of nitrogens with zero attached hydrogens (tertiary/aromatic N) is 5. The fraction of sp³-hybridized carbons (Fsp3) is 0.400. The van der Waals surface area contributed by atoms with Crippen LogP contribution in [0.5, 0.6) is 5.75 Å². The number of anilines is 1. The zero-order chi connectivity index (χ0) is 23.8. The van der Waals surface area contributed by atoms with Crippen molar-refractivity contribution in [2.24, 2.45) is 0 Å². The third kappa shape index (κ3) is 7.79. The Morgan fingerprint density at radius 1 is 1.30 bits per heavy atom. The second-order valence-electron chi connectivity index (χ2n) is 7.83. The molecule has 176 valence electrons. The molecule has 2 amide bonds. The Balaban J connectivity index is 1.64. The van der Waals surface area contributed by atoms with Crippen molar-refractivity contribution in [3.8, 4) is 11.6 Å². The summed E-state index contributed by atoms with van der Waals surface area (Å²) in [5.74, 6) is 1.76. The minimum absolute atomic E-state index is 0.234. The van der Waals surface area contributed by atoms with Gasteiger partial charge >= 0.3 is 6.09 Å². The molecule has 0 aliphatic heterocycles. The van der Waals surface area contributed by atoms with Gasteiger partial charge in [0.2, 0.25) is 17.0 Å². The van der Waals surface area contributed by atoms with Crippen LogP contribution in [0.4, 0.5) is 10.7 Å². The summed E-state index contributed by atoms with van der Waals surface area (Å²) in [5.41, 5.74) is 0.243. The second kappa shape index (κ2) is 10.8. The summed E-state index contributed by atoms with van der Waals surface area (Å²) in [5, 5.41) is 12.4. The van der Waals surface area contributed by atoms with Crippen LogP contribution in [0, 0.1) is 0 Å². The Hall–Kier alpha value is -3.61. The molecule has 0 aliphatic rings. The van der Waals surface area contributed by atoms with Gasteiger partial charge in [-0.25, -0.2) is 19.9 Å². The average Bonchev–Trinajstić information content (AvgIpc) is 3.40. The van der Waals surface area contributed by atoms with Crippen LogP contribution in [0.25, 0.3) is 5.82 Å². The number of alkyl carbamates (subject to hydrolysis) is 1. The van der Waals surface area contributed by atoms with E-state index >= 15 is 0 Å². The minimum Gasteiger partial charge on any atom is -0.491 e. The van der Waals surface area contributed by atoms with Crippen molar-refractivity contribution in [2.45, 2.75) is 44.2 Å². The number of carbonyl (C=O) groups excluding carboxylic acids is 2. The van der Waals surface area contributed by atoms with Gasteiger partial charge in [0.1, 0.15) is 30.1 Å². The van der Waals surface area contributed by atoms with Gasteiger partial charge in [0, 0.05) is 42.9 Å². The molecular formula is C20H26N8O4S. The largest absolute Gasteiger partial charge is 0.491 e. The van der Waals surface area contributed by atoms with Crippen molar-refractivity contribution < 1.29 is 19.1 Å². The molecule has 3 rings (SSSR count). The van der Waals surface area contributed by atoms with E-state index in [1.807, 2.05) is 0 Å². The summed E-state index contributed by atoms with van der Waals surface area (Å²) in [6, 6.07) is 1.80. The molecule has 0 atom stereocenters. The van der Waals surface area contributed by atoms with Crippen LogP contribution < -0.4 is 15.4 Å². The molecule has 0 aliphatic carbocycles. The summed E-state index contributed by atoms with van der Waals surface area (Å²) in [6.07, 6.45) is 6.28. The number of thioether (sulfide) groups is 1. The topological polar surface area (TPSA) is 149 Å². The number of amides is 2. The van der Waals surface area contributed by atoms with Gasteiger partial charge in [0.05, 0.1) is 6.54 Å². The number of aromatic nitrogens is 6. The number of pyridine rings is 1. The highest BCUT2D eigenvalue weighted by molar-refractivity contribution is 7.98. The van der Waals surface area contributed by atoms with E-state index in [4.69, 9.17) is 9.47 Å². The number of rotatable bonds is 9. The van der Waals surface area contributed by atoms with E-state index < -0.39 is 11.7 Å². The maximum absolute atomic E-state index is 11.8. The van der Waals surface area contributed by atoms with Crippen molar-refractivity contribution in [1.29, 1.82) is 0 Å². The molecule has 0 fully saturated rings. The molecule has 0 aromatic carbocycles. The quantitative estimate of drug-likeness (QED) is 0.314. The zero-order valence-corrected chi connectivity index (χ0v) is 19.6. The van der Waals surface area contributed by atoms with Crippen molar-refractivity contribution in [1.82, 2.24) is 35.0 Å². The van der Waals surface area contributed by atoms with Gasteiger partial charge in [-0.15, -0.1) is 5.10 Å². The Morgan fingerprint density at radius 2 is 2.12 bits per heavy atom. The standard InChI is InChI=1S/C20H26N8O4S/c1-13(29)24-17-25-18(27-26-17)33-11-14-10-23-16(28-7-5-21-12-28)9-15(14)31-8-6-22-19(30)32-20(2,3)4/h5,7,9-10,12H,6,8,11H2,1-4H3,(H,22,30)(H2,24,25,26,27,29). The highest BCUT2D eigenvalue weighted by Gasteiger charge is 2.16. The minimum atomic E-state index is -0.569. The SMILES string of the molecule is CC(=O)Nc1nc(SCc2cnc(-n3ccnc3)cc2OCCNC(=O)OC(C)(C)C)n[nH]1. The van der Waals surface area contributed by atoms with Gasteiger partial charge < -0.3 is 14.8 Å². The van der Waals surface area contributed by atoms with Gasteiger partial charge in [-0.2, -0.15) is 4.98 Å². The molecule has 3 heterocycles. The van der Waals surface area contributed by atoms with Gasteiger partial charge in [-0.1, -0.05) is 11.8 Å². The van der Waals surface area contributed by atoms with E-state index in [2.05, 4.69) is 35.8 Å². The molecule has 3 aromatic rings. The van der Waals surface area contributed by atoms with Crippen molar-refractivity contribution in [2.75, 3.05) is 18.5 Å². The van der Waals surface area contributed by atoms with Crippen molar-refractivity contribution in [3.05, 3.63) is 36.5 Å². The lowest BCUT2D eigenvalue weighted by molar-refractivity contribution is -0.114. The number of hydrogen-bond donors (Lipinski definition) is 3. The summed E-state index contributed by atoms with van der Waals surface area (Å²) in [4.78, 5) is 35.7. The Labute approximate surface area is 194 Å². The van der Waals surface area contributed by atoms with E-state index in [1.54, 1.807) is 56.3 Å². The number of carbonyl (C=O) groups is 2. The molecule has 0 unspecified atom stereocenters. The molecule has 12 nitrogen and oxygen atoms in total. The number of ether oxygens (including phenoxy) is 2. The normalized spacial score (nSPS) is 11.2. The molecule has 0 bridgehead atoms. The predicted molar refractivity (Wildman–Crippen MR) is 121 cm³/mol. The third-order valence-electron chi connectivity index (χ3n) is 3.84. The molecule has 0 spiro atoms.